The summed E-state index contributed by atoms with van der Waals surface area (Å²) in [6, 6.07) is 3.75. The Kier molecular flexibility index (Phi) is 5.84. The summed E-state index contributed by atoms with van der Waals surface area (Å²) in [6.07, 6.45) is 1.89. The van der Waals surface area contributed by atoms with Gasteiger partial charge in [0, 0.05) is 18.1 Å². The van der Waals surface area contributed by atoms with E-state index >= 15 is 0 Å². The van der Waals surface area contributed by atoms with Crippen LogP contribution in [-0.2, 0) is 5.88 Å². The van der Waals surface area contributed by atoms with Crippen molar-refractivity contribution in [2.45, 2.75) is 25.8 Å². The van der Waals surface area contributed by atoms with Gasteiger partial charge in [0.15, 0.2) is 0 Å². The van der Waals surface area contributed by atoms with Crippen molar-refractivity contribution < 1.29 is 4.74 Å². The molecule has 0 spiro atoms. The molecule has 0 saturated heterocycles. The summed E-state index contributed by atoms with van der Waals surface area (Å²) in [7, 11) is 0. The van der Waals surface area contributed by atoms with E-state index in [9.17, 15) is 0 Å². The molecule has 13 heavy (non-hydrogen) atoms. The molecule has 0 unspecified atom stereocenters. The lowest BCUT2D eigenvalue weighted by Gasteiger charge is -2.07. The minimum Gasteiger partial charge on any atom is -0.475 e. The lowest BCUT2D eigenvalue weighted by molar-refractivity contribution is 0.232. The van der Waals surface area contributed by atoms with Gasteiger partial charge in [-0.2, -0.15) is 0 Å². The summed E-state index contributed by atoms with van der Waals surface area (Å²) in [5.41, 5.74) is 1.01. The Labute approximate surface area is 89.7 Å². The number of hydrogen-bond acceptors (Lipinski definition) is 2. The van der Waals surface area contributed by atoms with Crippen LogP contribution in [0.25, 0.3) is 0 Å². The summed E-state index contributed by atoms with van der Waals surface area (Å²) in [4.78, 5) is 4.08. The Bertz CT molecular complexity index is 236. The van der Waals surface area contributed by atoms with Crippen LogP contribution < -0.4 is 4.74 Å². The molecule has 0 radical (unpaired) electrons. The number of alkyl halides is 1. The number of hydrogen-bond donors (Lipinski definition) is 0. The van der Waals surface area contributed by atoms with Crippen LogP contribution in [0.4, 0.5) is 0 Å². The van der Waals surface area contributed by atoms with Gasteiger partial charge in [0.1, 0.15) is 0 Å². The van der Waals surface area contributed by atoms with Crippen LogP contribution in [-0.4, -0.2) is 11.1 Å². The largest absolute Gasteiger partial charge is 0.475 e. The number of nitrogens with zero attached hydrogens (tertiary/aromatic N) is 1. The zero-order valence-corrected chi connectivity index (χ0v) is 9.23. The van der Waals surface area contributed by atoms with Crippen molar-refractivity contribution in [1.82, 2.24) is 4.98 Å². The van der Waals surface area contributed by atoms with E-state index in [0.29, 0.717) is 11.8 Å². The molecule has 1 aromatic rings. The van der Waals surface area contributed by atoms with Crippen molar-refractivity contribution in [3.63, 3.8) is 0 Å². The molecule has 0 amide bonds. The molecule has 4 heteroatoms. The maximum Gasteiger partial charge on any atom is 0.213 e. The smallest absolute Gasteiger partial charge is 0.213 e. The van der Waals surface area contributed by atoms with Gasteiger partial charge in [-0.1, -0.05) is 6.07 Å². The Morgan fingerprint density at radius 1 is 1.46 bits per heavy atom. The van der Waals surface area contributed by atoms with Gasteiger partial charge in [-0.25, -0.2) is 4.98 Å². The lowest BCUT2D eigenvalue weighted by atomic mass is 10.3. The number of ether oxygens (including phenoxy) is 1. The fraction of sp³-hybridized carbons (Fsp3) is 0.444. The Morgan fingerprint density at radius 3 is 2.54 bits per heavy atom. The molecule has 0 aromatic carbocycles. The van der Waals surface area contributed by atoms with Gasteiger partial charge in [0.2, 0.25) is 5.88 Å². The number of aromatic nitrogens is 1. The Hall–Kier alpha value is -0.470. The minimum absolute atomic E-state index is 0. The highest BCUT2D eigenvalue weighted by Gasteiger charge is 1.97. The second-order valence-corrected chi connectivity index (χ2v) is 3.07. The van der Waals surface area contributed by atoms with E-state index in [1.165, 1.54) is 0 Å². The first-order valence-electron chi connectivity index (χ1n) is 3.90. The number of rotatable bonds is 3. The van der Waals surface area contributed by atoms with Crippen molar-refractivity contribution in [3.05, 3.63) is 23.9 Å². The van der Waals surface area contributed by atoms with Gasteiger partial charge in [-0.3, -0.25) is 0 Å². The fourth-order valence-electron chi connectivity index (χ4n) is 0.801. The van der Waals surface area contributed by atoms with E-state index in [1.807, 2.05) is 26.0 Å². The first-order valence-corrected chi connectivity index (χ1v) is 4.43. The van der Waals surface area contributed by atoms with Crippen LogP contribution in [0, 0.1) is 0 Å². The molecule has 0 N–H and O–H groups in total. The third kappa shape index (κ3) is 4.34. The Morgan fingerprint density at radius 2 is 2.15 bits per heavy atom. The van der Waals surface area contributed by atoms with Gasteiger partial charge in [-0.05, 0) is 19.4 Å². The van der Waals surface area contributed by atoms with Gasteiger partial charge >= 0.3 is 0 Å². The van der Waals surface area contributed by atoms with Crippen LogP contribution in [0.5, 0.6) is 5.88 Å². The molecule has 1 rings (SSSR count). The highest BCUT2D eigenvalue weighted by molar-refractivity contribution is 6.17. The van der Waals surface area contributed by atoms with Crippen LogP contribution in [0.3, 0.4) is 0 Å². The first kappa shape index (κ1) is 12.5. The second kappa shape index (κ2) is 6.06. The van der Waals surface area contributed by atoms with E-state index in [-0.39, 0.29) is 18.5 Å². The molecule has 2 nitrogen and oxygen atoms in total. The summed E-state index contributed by atoms with van der Waals surface area (Å²) in [5.74, 6) is 1.15. The molecule has 1 heterocycles. The standard InChI is InChI=1S/C9H12ClNO.ClH/c1-7(2)12-9-4-3-8(5-10)6-11-9;/h3-4,6-7H,5H2,1-2H3;1H. The highest BCUT2D eigenvalue weighted by atomic mass is 35.5. The lowest BCUT2D eigenvalue weighted by Crippen LogP contribution is -2.06. The molecular formula is C9H13Cl2NO. The normalized spacial score (nSPS) is 9.54. The van der Waals surface area contributed by atoms with Crippen molar-refractivity contribution in [2.24, 2.45) is 0 Å². The summed E-state index contributed by atoms with van der Waals surface area (Å²) < 4.78 is 5.36. The summed E-state index contributed by atoms with van der Waals surface area (Å²) in [5, 5.41) is 0. The number of pyridine rings is 1. The van der Waals surface area contributed by atoms with Crippen molar-refractivity contribution >= 4 is 24.0 Å². The van der Waals surface area contributed by atoms with E-state index in [1.54, 1.807) is 6.20 Å². The fourth-order valence-corrected chi connectivity index (χ4v) is 0.959. The molecule has 0 fully saturated rings. The quantitative estimate of drug-likeness (QED) is 0.733. The van der Waals surface area contributed by atoms with E-state index in [2.05, 4.69) is 4.98 Å². The molecule has 0 aliphatic carbocycles. The average Bonchev–Trinajstić information content (AvgIpc) is 2.05. The second-order valence-electron chi connectivity index (χ2n) is 2.80. The molecule has 0 atom stereocenters. The topological polar surface area (TPSA) is 22.1 Å². The zero-order chi connectivity index (χ0) is 8.97. The van der Waals surface area contributed by atoms with Crippen LogP contribution in [0.2, 0.25) is 0 Å². The molecule has 0 aliphatic rings. The maximum absolute atomic E-state index is 5.60. The van der Waals surface area contributed by atoms with Gasteiger partial charge in [-0.15, -0.1) is 24.0 Å². The third-order valence-corrected chi connectivity index (χ3v) is 1.62. The average molecular weight is 222 g/mol. The summed E-state index contributed by atoms with van der Waals surface area (Å²) in [6.45, 7) is 3.94. The third-order valence-electron chi connectivity index (χ3n) is 1.31. The first-order chi connectivity index (χ1) is 5.72. The maximum atomic E-state index is 5.60. The minimum atomic E-state index is 0. The van der Waals surface area contributed by atoms with Crippen molar-refractivity contribution in [1.29, 1.82) is 0 Å². The molecular weight excluding hydrogens is 209 g/mol. The SMILES string of the molecule is CC(C)Oc1ccc(CCl)cn1.Cl. The van der Waals surface area contributed by atoms with Crippen LogP contribution >= 0.6 is 24.0 Å². The van der Waals surface area contributed by atoms with Crippen molar-refractivity contribution in [2.75, 3.05) is 0 Å². The van der Waals surface area contributed by atoms with E-state index < -0.39 is 0 Å². The van der Waals surface area contributed by atoms with Crippen molar-refractivity contribution in [3.8, 4) is 5.88 Å². The predicted octanol–water partition coefficient (Wildman–Crippen LogP) is 3.03. The molecule has 1 aromatic heterocycles. The molecule has 74 valence electrons. The van der Waals surface area contributed by atoms with Crippen LogP contribution in [0.1, 0.15) is 19.4 Å². The highest BCUT2D eigenvalue weighted by Crippen LogP contribution is 2.10. The predicted molar refractivity (Wildman–Crippen MR) is 56.8 cm³/mol. The van der Waals surface area contributed by atoms with Gasteiger partial charge < -0.3 is 4.74 Å². The zero-order valence-electron chi connectivity index (χ0n) is 7.66. The molecule has 0 bridgehead atoms. The molecule has 0 saturated carbocycles. The molecule has 0 aliphatic heterocycles. The van der Waals surface area contributed by atoms with Gasteiger partial charge in [0.25, 0.3) is 0 Å². The van der Waals surface area contributed by atoms with Gasteiger partial charge in [0.05, 0.1) is 6.10 Å². The summed E-state index contributed by atoms with van der Waals surface area (Å²) >= 11 is 5.60. The monoisotopic (exact) mass is 221 g/mol. The van der Waals surface area contributed by atoms with Crippen LogP contribution in [0.15, 0.2) is 18.3 Å². The Balaban J connectivity index is 0.00000144. The number of halogens is 2. The van der Waals surface area contributed by atoms with E-state index in [0.717, 1.165) is 5.56 Å². The van der Waals surface area contributed by atoms with E-state index in [4.69, 9.17) is 16.3 Å².